The molecule has 56 valence electrons. The number of nitrogen functional groups attached to an aromatic ring is 1. The van der Waals surface area contributed by atoms with Gasteiger partial charge in [-0.1, -0.05) is 0 Å². The number of carboxylic acid groups (broad SMARTS) is 2. The molecule has 0 amide bonds. The maximum Gasteiger partial charge on any atom is 0.503 e. The van der Waals surface area contributed by atoms with Gasteiger partial charge >= 0.3 is 6.16 Å². The zero-order chi connectivity index (χ0) is 7.98. The molecule has 5 nitrogen and oxygen atoms in total. The van der Waals surface area contributed by atoms with Crippen LogP contribution in [0.3, 0.4) is 0 Å². The number of rotatable bonds is 0. The molecule has 0 fully saturated rings. The van der Waals surface area contributed by atoms with Gasteiger partial charge in [-0.2, -0.15) is 0 Å². The second-order valence-electron chi connectivity index (χ2n) is 1.30. The molecule has 1 aromatic rings. The van der Waals surface area contributed by atoms with Gasteiger partial charge in [-0.05, 0) is 6.07 Å². The summed E-state index contributed by atoms with van der Waals surface area (Å²) >= 11 is 0. The van der Waals surface area contributed by atoms with Gasteiger partial charge in [-0.25, -0.2) is 4.79 Å². The highest BCUT2D eigenvalue weighted by Crippen LogP contribution is 1.97. The normalized spacial score (nSPS) is 7.60. The predicted molar refractivity (Wildman–Crippen MR) is 33.8 cm³/mol. The van der Waals surface area contributed by atoms with Gasteiger partial charge in [0.1, 0.15) is 0 Å². The van der Waals surface area contributed by atoms with Crippen LogP contribution >= 0.6 is 0 Å². The molecule has 0 aliphatic carbocycles. The summed E-state index contributed by atoms with van der Waals surface area (Å²) in [6.45, 7) is 0. The Hall–Kier alpha value is -1.65. The molecule has 0 aliphatic heterocycles. The molecule has 0 unspecified atom stereocenters. The van der Waals surface area contributed by atoms with Crippen LogP contribution in [-0.2, 0) is 0 Å². The molecular formula is C5H7NO4. The molecule has 0 aliphatic rings. The highest BCUT2D eigenvalue weighted by atomic mass is 16.6. The van der Waals surface area contributed by atoms with Gasteiger partial charge in [-0.3, -0.25) is 0 Å². The summed E-state index contributed by atoms with van der Waals surface area (Å²) in [6.07, 6.45) is -0.296. The lowest BCUT2D eigenvalue weighted by atomic mass is 10.6. The van der Waals surface area contributed by atoms with Gasteiger partial charge in [-0.15, -0.1) is 0 Å². The Bertz CT molecular complexity index is 178. The first-order chi connectivity index (χ1) is 4.63. The van der Waals surface area contributed by atoms with E-state index in [4.69, 9.17) is 20.7 Å². The second kappa shape index (κ2) is 4.25. The molecule has 0 atom stereocenters. The summed E-state index contributed by atoms with van der Waals surface area (Å²) in [5, 5.41) is 13.9. The minimum Gasteiger partial charge on any atom is -0.450 e. The first kappa shape index (κ1) is 8.35. The number of carbonyl (C=O) groups is 1. The van der Waals surface area contributed by atoms with Crippen molar-refractivity contribution < 1.29 is 19.4 Å². The summed E-state index contributed by atoms with van der Waals surface area (Å²) in [6, 6.07) is 3.44. The summed E-state index contributed by atoms with van der Waals surface area (Å²) in [4.78, 5) is 8.56. The molecule has 10 heavy (non-hydrogen) atoms. The van der Waals surface area contributed by atoms with Crippen LogP contribution in [0.25, 0.3) is 0 Å². The van der Waals surface area contributed by atoms with Gasteiger partial charge in [0, 0.05) is 6.07 Å². The summed E-state index contributed by atoms with van der Waals surface area (Å²) < 4.78 is 4.61. The predicted octanol–water partition coefficient (Wildman–Crippen LogP) is 1.08. The van der Waals surface area contributed by atoms with E-state index in [1.54, 1.807) is 12.1 Å². The fourth-order valence-electron chi connectivity index (χ4n) is 0.291. The van der Waals surface area contributed by atoms with Crippen molar-refractivity contribution in [1.82, 2.24) is 0 Å². The quantitative estimate of drug-likeness (QED) is 0.507. The Balaban J connectivity index is 0.000000180. The number of anilines is 1. The van der Waals surface area contributed by atoms with Crippen molar-refractivity contribution in [3.63, 3.8) is 0 Å². The van der Waals surface area contributed by atoms with E-state index in [-0.39, 0.29) is 0 Å². The first-order valence-electron chi connectivity index (χ1n) is 2.34. The van der Waals surface area contributed by atoms with Crippen LogP contribution < -0.4 is 5.73 Å². The molecule has 4 N–H and O–H groups in total. The molecule has 1 heterocycles. The number of hydrogen-bond acceptors (Lipinski definition) is 3. The monoisotopic (exact) mass is 145 g/mol. The van der Waals surface area contributed by atoms with E-state index < -0.39 is 6.16 Å². The third-order valence-electron chi connectivity index (χ3n) is 0.543. The maximum absolute atomic E-state index is 8.56. The number of furan rings is 1. The van der Waals surface area contributed by atoms with Crippen LogP contribution in [0.2, 0.25) is 0 Å². The zero-order valence-electron chi connectivity index (χ0n) is 5.02. The van der Waals surface area contributed by atoms with Crippen molar-refractivity contribution in [1.29, 1.82) is 0 Å². The first-order valence-corrected chi connectivity index (χ1v) is 2.34. The fourth-order valence-corrected chi connectivity index (χ4v) is 0.291. The Morgan fingerprint density at radius 1 is 1.60 bits per heavy atom. The van der Waals surface area contributed by atoms with Crippen LogP contribution in [0.4, 0.5) is 10.7 Å². The molecule has 5 heteroatoms. The van der Waals surface area contributed by atoms with Crippen LogP contribution in [-0.4, -0.2) is 16.4 Å². The third-order valence-corrected chi connectivity index (χ3v) is 0.543. The van der Waals surface area contributed by atoms with Crippen molar-refractivity contribution in [3.05, 3.63) is 18.4 Å². The Morgan fingerprint density at radius 3 is 2.20 bits per heavy atom. The summed E-state index contributed by atoms with van der Waals surface area (Å²) in [5.41, 5.74) is 5.11. The number of hydrogen-bond donors (Lipinski definition) is 3. The fraction of sp³-hybridized carbons (Fsp3) is 0. The lowest BCUT2D eigenvalue weighted by Crippen LogP contribution is -1.81. The lowest BCUT2D eigenvalue weighted by molar-refractivity contribution is 0.137. The van der Waals surface area contributed by atoms with Gasteiger partial charge in [0.25, 0.3) is 0 Å². The van der Waals surface area contributed by atoms with Gasteiger partial charge < -0.3 is 20.4 Å². The highest BCUT2D eigenvalue weighted by molar-refractivity contribution is 5.53. The average molecular weight is 145 g/mol. The summed E-state index contributed by atoms with van der Waals surface area (Å²) in [7, 11) is 0. The van der Waals surface area contributed by atoms with E-state index in [0.29, 0.717) is 5.88 Å². The maximum atomic E-state index is 8.56. The van der Waals surface area contributed by atoms with E-state index in [9.17, 15) is 0 Å². The van der Waals surface area contributed by atoms with Crippen molar-refractivity contribution >= 4 is 12.0 Å². The SMILES string of the molecule is Nc1ccco1.O=C(O)O. The van der Waals surface area contributed by atoms with E-state index >= 15 is 0 Å². The molecule has 1 aromatic heterocycles. The van der Waals surface area contributed by atoms with E-state index in [0.717, 1.165) is 0 Å². The zero-order valence-corrected chi connectivity index (χ0v) is 5.02. The number of nitrogens with two attached hydrogens (primary N) is 1. The lowest BCUT2D eigenvalue weighted by Gasteiger charge is -1.70. The molecule has 0 spiro atoms. The van der Waals surface area contributed by atoms with E-state index in [2.05, 4.69) is 4.42 Å². The van der Waals surface area contributed by atoms with Gasteiger partial charge in [0.05, 0.1) is 6.26 Å². The van der Waals surface area contributed by atoms with Crippen LogP contribution in [0, 0.1) is 0 Å². The van der Waals surface area contributed by atoms with Crippen molar-refractivity contribution in [2.75, 3.05) is 5.73 Å². The van der Waals surface area contributed by atoms with Crippen molar-refractivity contribution in [2.24, 2.45) is 0 Å². The third kappa shape index (κ3) is 6.35. The Labute approximate surface area is 56.7 Å². The largest absolute Gasteiger partial charge is 0.503 e. The molecular weight excluding hydrogens is 138 g/mol. The Morgan fingerprint density at radius 2 is 2.10 bits per heavy atom. The molecule has 0 saturated heterocycles. The average Bonchev–Trinajstić information content (AvgIpc) is 2.15. The molecule has 0 aromatic carbocycles. The minimum absolute atomic E-state index is 0.468. The van der Waals surface area contributed by atoms with Crippen molar-refractivity contribution in [2.45, 2.75) is 0 Å². The molecule has 1 rings (SSSR count). The van der Waals surface area contributed by atoms with Crippen LogP contribution in [0.1, 0.15) is 0 Å². The van der Waals surface area contributed by atoms with E-state index in [1.165, 1.54) is 6.26 Å². The summed E-state index contributed by atoms with van der Waals surface area (Å²) in [5.74, 6) is 0.468. The van der Waals surface area contributed by atoms with Gasteiger partial charge in [0.15, 0.2) is 5.88 Å². The van der Waals surface area contributed by atoms with E-state index in [1.807, 2.05) is 0 Å². The smallest absolute Gasteiger partial charge is 0.450 e. The van der Waals surface area contributed by atoms with Crippen LogP contribution in [0.5, 0.6) is 0 Å². The molecule has 0 bridgehead atoms. The Kier molecular flexibility index (Phi) is 3.55. The van der Waals surface area contributed by atoms with Crippen LogP contribution in [0.15, 0.2) is 22.8 Å². The van der Waals surface area contributed by atoms with Gasteiger partial charge in [0.2, 0.25) is 0 Å². The second-order valence-corrected chi connectivity index (χ2v) is 1.30. The van der Waals surface area contributed by atoms with Crippen molar-refractivity contribution in [3.8, 4) is 0 Å². The molecule has 0 radical (unpaired) electrons. The standard InChI is InChI=1S/C4H5NO.CH2O3/c5-4-2-1-3-6-4;2-1(3)4/h1-3H,5H2;(H2,2,3,4). The minimum atomic E-state index is -1.83. The molecule has 0 saturated carbocycles. The topological polar surface area (TPSA) is 96.7 Å². The highest BCUT2D eigenvalue weighted by Gasteiger charge is 1.76.